The zero-order chi connectivity index (χ0) is 14.5. The highest BCUT2D eigenvalue weighted by atomic mass is 79.9. The molecule has 5 heteroatoms. The molecule has 0 radical (unpaired) electrons. The first-order valence-corrected chi connectivity index (χ1v) is 6.62. The van der Waals surface area contributed by atoms with Gasteiger partial charge in [0.05, 0.1) is 21.7 Å². The second-order valence-electron chi connectivity index (χ2n) is 4.10. The molecule has 0 aliphatic carbocycles. The molecule has 0 unspecified atom stereocenters. The van der Waals surface area contributed by atoms with Gasteiger partial charge in [0.25, 0.3) is 5.91 Å². The van der Waals surface area contributed by atoms with Gasteiger partial charge in [-0.05, 0) is 45.8 Å². The second kappa shape index (κ2) is 6.31. The van der Waals surface area contributed by atoms with E-state index in [1.165, 1.54) is 12.1 Å². The van der Waals surface area contributed by atoms with E-state index in [4.69, 9.17) is 5.26 Å². The van der Waals surface area contributed by atoms with Crippen molar-refractivity contribution in [3.8, 4) is 6.07 Å². The third-order valence-corrected chi connectivity index (χ3v) is 3.32. The van der Waals surface area contributed by atoms with Crippen LogP contribution in [0.3, 0.4) is 0 Å². The molecule has 2 aromatic rings. The first-order chi connectivity index (χ1) is 9.61. The van der Waals surface area contributed by atoms with Crippen LogP contribution in [-0.2, 0) is 6.54 Å². The summed E-state index contributed by atoms with van der Waals surface area (Å²) >= 11 is 3.04. The van der Waals surface area contributed by atoms with Gasteiger partial charge in [0.2, 0.25) is 0 Å². The SMILES string of the molecule is N#Cc1cccc(CNC(=O)c2cccc(Br)c2F)c1. The first-order valence-electron chi connectivity index (χ1n) is 5.83. The van der Waals surface area contributed by atoms with Crippen molar-refractivity contribution in [2.75, 3.05) is 0 Å². The van der Waals surface area contributed by atoms with Crippen LogP contribution in [0.15, 0.2) is 46.9 Å². The van der Waals surface area contributed by atoms with E-state index in [0.717, 1.165) is 5.56 Å². The summed E-state index contributed by atoms with van der Waals surface area (Å²) in [6.45, 7) is 0.236. The van der Waals surface area contributed by atoms with Crippen molar-refractivity contribution < 1.29 is 9.18 Å². The number of hydrogen-bond donors (Lipinski definition) is 1. The lowest BCUT2D eigenvalue weighted by Gasteiger charge is -2.07. The molecule has 0 spiro atoms. The molecular weight excluding hydrogens is 323 g/mol. The lowest BCUT2D eigenvalue weighted by atomic mass is 10.1. The van der Waals surface area contributed by atoms with Crippen molar-refractivity contribution in [2.45, 2.75) is 6.54 Å². The summed E-state index contributed by atoms with van der Waals surface area (Å²) in [7, 11) is 0. The van der Waals surface area contributed by atoms with Gasteiger partial charge >= 0.3 is 0 Å². The summed E-state index contributed by atoms with van der Waals surface area (Å²) in [5.74, 6) is -1.08. The minimum atomic E-state index is -0.587. The number of hydrogen-bond acceptors (Lipinski definition) is 2. The van der Waals surface area contributed by atoms with Crippen LogP contribution in [0.4, 0.5) is 4.39 Å². The van der Waals surface area contributed by atoms with Gasteiger partial charge in [0.1, 0.15) is 5.82 Å². The normalized spacial score (nSPS) is 9.85. The van der Waals surface area contributed by atoms with Gasteiger partial charge in [-0.2, -0.15) is 5.26 Å². The molecule has 0 aliphatic heterocycles. The Morgan fingerprint density at radius 1 is 1.30 bits per heavy atom. The molecular formula is C15H10BrFN2O. The van der Waals surface area contributed by atoms with Crippen LogP contribution in [0.1, 0.15) is 21.5 Å². The number of halogens is 2. The highest BCUT2D eigenvalue weighted by Gasteiger charge is 2.13. The Morgan fingerprint density at radius 3 is 2.80 bits per heavy atom. The van der Waals surface area contributed by atoms with Crippen LogP contribution in [0.2, 0.25) is 0 Å². The van der Waals surface area contributed by atoms with Crippen LogP contribution in [0.5, 0.6) is 0 Å². The number of carbonyl (C=O) groups excluding carboxylic acids is 1. The Kier molecular flexibility index (Phi) is 4.49. The van der Waals surface area contributed by atoms with E-state index >= 15 is 0 Å². The Balaban J connectivity index is 2.09. The largest absolute Gasteiger partial charge is 0.348 e. The molecule has 2 rings (SSSR count). The Morgan fingerprint density at radius 2 is 2.05 bits per heavy atom. The topological polar surface area (TPSA) is 52.9 Å². The van der Waals surface area contributed by atoms with Gasteiger partial charge in [0, 0.05) is 6.54 Å². The van der Waals surface area contributed by atoms with Crippen LogP contribution in [0.25, 0.3) is 0 Å². The molecule has 20 heavy (non-hydrogen) atoms. The highest BCUT2D eigenvalue weighted by Crippen LogP contribution is 2.18. The standard InChI is InChI=1S/C15H10BrFN2O/c16-13-6-2-5-12(14(13)17)15(20)19-9-11-4-1-3-10(7-11)8-18/h1-7H,9H2,(H,19,20). The van der Waals surface area contributed by atoms with Crippen LogP contribution >= 0.6 is 15.9 Å². The van der Waals surface area contributed by atoms with E-state index < -0.39 is 11.7 Å². The molecule has 2 aromatic carbocycles. The quantitative estimate of drug-likeness (QED) is 0.936. The fraction of sp³-hybridized carbons (Fsp3) is 0.0667. The maximum absolute atomic E-state index is 13.7. The van der Waals surface area contributed by atoms with Crippen LogP contribution in [0, 0.1) is 17.1 Å². The Bertz CT molecular complexity index is 695. The van der Waals surface area contributed by atoms with Gasteiger partial charge in [-0.15, -0.1) is 0 Å². The third kappa shape index (κ3) is 3.22. The lowest BCUT2D eigenvalue weighted by molar-refractivity contribution is 0.0946. The van der Waals surface area contributed by atoms with Crippen molar-refractivity contribution in [3.63, 3.8) is 0 Å². The summed E-state index contributed by atoms with van der Waals surface area (Å²) in [6, 6.07) is 13.5. The summed E-state index contributed by atoms with van der Waals surface area (Å²) in [5, 5.41) is 11.4. The van der Waals surface area contributed by atoms with Crippen LogP contribution < -0.4 is 5.32 Å². The van der Waals surface area contributed by atoms with E-state index in [1.807, 2.05) is 6.07 Å². The maximum atomic E-state index is 13.7. The highest BCUT2D eigenvalue weighted by molar-refractivity contribution is 9.10. The van der Waals surface area contributed by atoms with Crippen molar-refractivity contribution in [3.05, 3.63) is 69.4 Å². The predicted molar refractivity (Wildman–Crippen MR) is 76.4 cm³/mol. The van der Waals surface area contributed by atoms with E-state index in [-0.39, 0.29) is 16.6 Å². The number of amides is 1. The Hall–Kier alpha value is -2.19. The Labute approximate surface area is 124 Å². The predicted octanol–water partition coefficient (Wildman–Crippen LogP) is 3.39. The zero-order valence-electron chi connectivity index (χ0n) is 10.4. The second-order valence-corrected chi connectivity index (χ2v) is 4.95. The van der Waals surface area contributed by atoms with Gasteiger partial charge in [-0.3, -0.25) is 4.79 Å². The van der Waals surface area contributed by atoms with Crippen molar-refractivity contribution >= 4 is 21.8 Å². The molecule has 0 fully saturated rings. The smallest absolute Gasteiger partial charge is 0.254 e. The van der Waals surface area contributed by atoms with E-state index in [2.05, 4.69) is 21.2 Å². The molecule has 0 heterocycles. The fourth-order valence-corrected chi connectivity index (χ4v) is 2.07. The van der Waals surface area contributed by atoms with Crippen LogP contribution in [-0.4, -0.2) is 5.91 Å². The summed E-state index contributed by atoms with van der Waals surface area (Å²) < 4.78 is 14.0. The molecule has 1 amide bonds. The number of nitrogens with zero attached hydrogens (tertiary/aromatic N) is 1. The first kappa shape index (κ1) is 14.2. The number of carbonyl (C=O) groups is 1. The number of nitrogens with one attached hydrogen (secondary N) is 1. The average Bonchev–Trinajstić information content (AvgIpc) is 2.48. The van der Waals surface area contributed by atoms with Gasteiger partial charge < -0.3 is 5.32 Å². The maximum Gasteiger partial charge on any atom is 0.254 e. The van der Waals surface area contributed by atoms with E-state index in [1.54, 1.807) is 30.3 Å². The fourth-order valence-electron chi connectivity index (χ4n) is 1.71. The van der Waals surface area contributed by atoms with Gasteiger partial charge in [0.15, 0.2) is 0 Å². The summed E-state index contributed by atoms with van der Waals surface area (Å²) in [4.78, 5) is 11.9. The molecule has 0 saturated heterocycles. The molecule has 100 valence electrons. The van der Waals surface area contributed by atoms with Crippen molar-refractivity contribution in [1.29, 1.82) is 5.26 Å². The van der Waals surface area contributed by atoms with E-state index in [0.29, 0.717) is 5.56 Å². The van der Waals surface area contributed by atoms with Crippen molar-refractivity contribution in [1.82, 2.24) is 5.32 Å². The monoisotopic (exact) mass is 332 g/mol. The van der Waals surface area contributed by atoms with E-state index in [9.17, 15) is 9.18 Å². The minimum absolute atomic E-state index is 0.0178. The molecule has 0 bridgehead atoms. The summed E-state index contributed by atoms with van der Waals surface area (Å²) in [5.41, 5.74) is 1.29. The van der Waals surface area contributed by atoms with Gasteiger partial charge in [-0.25, -0.2) is 4.39 Å². The molecule has 0 atom stereocenters. The average molecular weight is 333 g/mol. The molecule has 3 nitrogen and oxygen atoms in total. The van der Waals surface area contributed by atoms with Gasteiger partial charge in [-0.1, -0.05) is 18.2 Å². The molecule has 0 aromatic heterocycles. The number of nitriles is 1. The lowest BCUT2D eigenvalue weighted by Crippen LogP contribution is -2.23. The molecule has 0 aliphatic rings. The minimum Gasteiger partial charge on any atom is -0.348 e. The summed E-state index contributed by atoms with van der Waals surface area (Å²) in [6.07, 6.45) is 0. The molecule has 0 saturated carbocycles. The number of rotatable bonds is 3. The molecule has 1 N–H and O–H groups in total. The van der Waals surface area contributed by atoms with Crippen molar-refractivity contribution in [2.24, 2.45) is 0 Å². The number of benzene rings is 2. The zero-order valence-corrected chi connectivity index (χ0v) is 11.9. The third-order valence-electron chi connectivity index (χ3n) is 2.71.